The second kappa shape index (κ2) is 16.3. The van der Waals surface area contributed by atoms with E-state index in [1.807, 2.05) is 24.3 Å². The average molecular weight is 892 g/mol. The number of anilines is 3. The van der Waals surface area contributed by atoms with E-state index in [1.165, 1.54) is 38.6 Å². The minimum absolute atomic E-state index is 0.0151. The van der Waals surface area contributed by atoms with Gasteiger partial charge in [0.05, 0.1) is 5.69 Å². The minimum atomic E-state index is -0.0151. The first-order chi connectivity index (χ1) is 33.5. The fourth-order valence-corrected chi connectivity index (χ4v) is 10.3. The van der Waals surface area contributed by atoms with Crippen molar-refractivity contribution in [3.8, 4) is 44.5 Å². The zero-order chi connectivity index (χ0) is 47.0. The van der Waals surface area contributed by atoms with Crippen molar-refractivity contribution in [2.75, 3.05) is 4.90 Å². The first-order valence-corrected chi connectivity index (χ1v) is 24.1. The van der Waals surface area contributed by atoms with E-state index >= 15 is 0 Å². The molecule has 0 radical (unpaired) electrons. The Morgan fingerprint density at radius 2 is 0.754 bits per heavy atom. The predicted molar refractivity (Wildman–Crippen MR) is 292 cm³/mol. The van der Waals surface area contributed by atoms with E-state index in [0.717, 1.165) is 88.8 Å². The number of hydrogen-bond acceptors (Lipinski definition) is 3. The quantitative estimate of drug-likeness (QED) is 0.160. The van der Waals surface area contributed by atoms with Gasteiger partial charge < -0.3 is 13.7 Å². The summed E-state index contributed by atoms with van der Waals surface area (Å²) in [5.41, 5.74) is 18.5. The molecule has 3 nitrogen and oxygen atoms in total. The largest absolute Gasteiger partial charge is 0.455 e. The van der Waals surface area contributed by atoms with Crippen LogP contribution < -0.4 is 4.90 Å². The minimum Gasteiger partial charge on any atom is -0.455 e. The number of furan rings is 2. The highest BCUT2D eigenvalue weighted by molar-refractivity contribution is 6.12. The van der Waals surface area contributed by atoms with Crippen LogP contribution in [0.4, 0.5) is 17.1 Å². The van der Waals surface area contributed by atoms with Crippen molar-refractivity contribution >= 4 is 71.7 Å². The number of nitrogens with zero attached hydrogens (tertiary/aromatic N) is 1. The third-order valence-electron chi connectivity index (χ3n) is 14.0. The Morgan fingerprint density at radius 1 is 0.333 bits per heavy atom. The monoisotopic (exact) mass is 891 g/mol. The van der Waals surface area contributed by atoms with Gasteiger partial charge in [0.1, 0.15) is 22.3 Å². The maximum Gasteiger partial charge on any atom is 0.143 e. The molecule has 0 unspecified atom stereocenters. The Kier molecular flexibility index (Phi) is 9.97. The van der Waals surface area contributed by atoms with E-state index in [0.29, 0.717) is 0 Å². The number of benzene rings is 10. The molecule has 0 atom stereocenters. The smallest absolute Gasteiger partial charge is 0.143 e. The second-order valence-corrected chi connectivity index (χ2v) is 20.5. The van der Waals surface area contributed by atoms with Gasteiger partial charge in [0.15, 0.2) is 0 Å². The molecule has 3 heteroatoms. The molecule has 0 spiro atoms. The van der Waals surface area contributed by atoms with Crippen molar-refractivity contribution in [1.82, 2.24) is 0 Å². The molecule has 69 heavy (non-hydrogen) atoms. The third kappa shape index (κ3) is 7.37. The lowest BCUT2D eigenvalue weighted by Gasteiger charge is -2.29. The number of para-hydroxylation sites is 5. The van der Waals surface area contributed by atoms with Gasteiger partial charge in [-0.1, -0.05) is 211 Å². The van der Waals surface area contributed by atoms with Crippen LogP contribution in [-0.2, 0) is 10.8 Å². The van der Waals surface area contributed by atoms with Crippen molar-refractivity contribution in [1.29, 1.82) is 0 Å². The summed E-state index contributed by atoms with van der Waals surface area (Å²) in [6.07, 6.45) is 0. The standard InChI is InChI=1S/C66H53NO2/c1-65(2,3)46-39-45(40-47(41-46)66(4,5)6)50-22-13-17-44-18-14-25-56(62(44)50)53-19-7-10-28-59(53)67(48-35-31-42(32-36-48)51-23-15-26-57-54-20-8-11-29-60(54)68-63(51)57)49-37-33-43(34-38-49)52-24-16-27-58-55-21-9-12-30-61(55)69-64(52)58/h7-41H,1-6H3. The molecule has 2 heterocycles. The van der Waals surface area contributed by atoms with E-state index < -0.39 is 0 Å². The molecule has 0 aliphatic rings. The maximum atomic E-state index is 6.52. The van der Waals surface area contributed by atoms with Gasteiger partial charge in [-0.05, 0) is 103 Å². The van der Waals surface area contributed by atoms with Crippen LogP contribution >= 0.6 is 0 Å². The lowest BCUT2D eigenvalue weighted by atomic mass is 9.78. The molecule has 12 rings (SSSR count). The topological polar surface area (TPSA) is 29.5 Å². The normalized spacial score (nSPS) is 12.2. The Balaban J connectivity index is 1.04. The zero-order valence-corrected chi connectivity index (χ0v) is 40.0. The van der Waals surface area contributed by atoms with Gasteiger partial charge in [-0.3, -0.25) is 0 Å². The van der Waals surface area contributed by atoms with Gasteiger partial charge in [-0.15, -0.1) is 0 Å². The molecule has 0 aliphatic heterocycles. The van der Waals surface area contributed by atoms with E-state index in [4.69, 9.17) is 8.83 Å². The molecule has 0 amide bonds. The Bertz CT molecular complexity index is 3710. The number of rotatable bonds is 7. The van der Waals surface area contributed by atoms with E-state index in [1.54, 1.807) is 0 Å². The van der Waals surface area contributed by atoms with E-state index in [9.17, 15) is 0 Å². The summed E-state index contributed by atoms with van der Waals surface area (Å²) in [6.45, 7) is 13.9. The molecular formula is C66H53NO2. The van der Waals surface area contributed by atoms with E-state index in [-0.39, 0.29) is 10.8 Å². The number of hydrogen-bond donors (Lipinski definition) is 0. The van der Waals surface area contributed by atoms with Crippen molar-refractivity contribution in [2.24, 2.45) is 0 Å². The highest BCUT2D eigenvalue weighted by atomic mass is 16.3. The Labute approximate surface area is 403 Å². The molecule has 10 aromatic carbocycles. The van der Waals surface area contributed by atoms with Crippen molar-refractivity contribution < 1.29 is 8.83 Å². The van der Waals surface area contributed by atoms with Gasteiger partial charge in [0.2, 0.25) is 0 Å². The second-order valence-electron chi connectivity index (χ2n) is 20.5. The molecule has 12 aromatic rings. The molecular weight excluding hydrogens is 839 g/mol. The fraction of sp³-hybridized carbons (Fsp3) is 0.121. The fourth-order valence-electron chi connectivity index (χ4n) is 10.3. The predicted octanol–water partition coefficient (Wildman–Crippen LogP) is 19.4. The highest BCUT2D eigenvalue weighted by Gasteiger charge is 2.24. The third-order valence-corrected chi connectivity index (χ3v) is 14.0. The van der Waals surface area contributed by atoms with Crippen LogP contribution in [0.1, 0.15) is 52.7 Å². The van der Waals surface area contributed by atoms with Crippen LogP contribution in [0, 0.1) is 0 Å². The van der Waals surface area contributed by atoms with Crippen LogP contribution in [0.15, 0.2) is 221 Å². The lowest BCUT2D eigenvalue weighted by Crippen LogP contribution is -2.16. The first kappa shape index (κ1) is 42.2. The van der Waals surface area contributed by atoms with Gasteiger partial charge in [-0.25, -0.2) is 0 Å². The van der Waals surface area contributed by atoms with Gasteiger partial charge in [0.25, 0.3) is 0 Å². The summed E-state index contributed by atoms with van der Waals surface area (Å²) < 4.78 is 13.0. The van der Waals surface area contributed by atoms with Crippen LogP contribution in [0.25, 0.3) is 99.2 Å². The molecule has 2 aromatic heterocycles. The van der Waals surface area contributed by atoms with Gasteiger partial charge >= 0.3 is 0 Å². The first-order valence-electron chi connectivity index (χ1n) is 24.1. The summed E-state index contributed by atoms with van der Waals surface area (Å²) in [4.78, 5) is 2.41. The van der Waals surface area contributed by atoms with Crippen molar-refractivity contribution in [2.45, 2.75) is 52.4 Å². The Morgan fingerprint density at radius 3 is 1.28 bits per heavy atom. The highest BCUT2D eigenvalue weighted by Crippen LogP contribution is 2.47. The summed E-state index contributed by atoms with van der Waals surface area (Å²) >= 11 is 0. The maximum absolute atomic E-state index is 6.52. The van der Waals surface area contributed by atoms with Crippen LogP contribution in [0.5, 0.6) is 0 Å². The van der Waals surface area contributed by atoms with Crippen molar-refractivity contribution in [3.05, 3.63) is 223 Å². The summed E-state index contributed by atoms with van der Waals surface area (Å²) in [5.74, 6) is 0. The van der Waals surface area contributed by atoms with Crippen LogP contribution in [0.3, 0.4) is 0 Å². The van der Waals surface area contributed by atoms with E-state index in [2.05, 4.69) is 234 Å². The zero-order valence-electron chi connectivity index (χ0n) is 40.0. The van der Waals surface area contributed by atoms with Gasteiger partial charge in [-0.2, -0.15) is 0 Å². The Hall–Kier alpha value is -8.14. The lowest BCUT2D eigenvalue weighted by molar-refractivity contribution is 0.569. The molecule has 334 valence electrons. The SMILES string of the molecule is CC(C)(C)c1cc(-c2cccc3cccc(-c4ccccc4N(c4ccc(-c5cccc6c5oc5ccccc56)cc4)c4ccc(-c5cccc6c5oc5ccccc56)cc4)c23)cc(C(C)(C)C)c1. The average Bonchev–Trinajstić information content (AvgIpc) is 3.95. The van der Waals surface area contributed by atoms with Crippen LogP contribution in [0.2, 0.25) is 0 Å². The van der Waals surface area contributed by atoms with Crippen LogP contribution in [-0.4, -0.2) is 0 Å². The molecule has 0 N–H and O–H groups in total. The van der Waals surface area contributed by atoms with Crippen molar-refractivity contribution in [3.63, 3.8) is 0 Å². The van der Waals surface area contributed by atoms with Gasteiger partial charge in [0, 0.05) is 49.6 Å². The molecule has 0 saturated carbocycles. The number of fused-ring (bicyclic) bond motifs is 7. The summed E-state index contributed by atoms with van der Waals surface area (Å²) in [7, 11) is 0. The summed E-state index contributed by atoms with van der Waals surface area (Å²) in [6, 6.07) is 77.0. The molecule has 0 bridgehead atoms. The molecule has 0 saturated heterocycles. The molecule has 0 aliphatic carbocycles. The summed E-state index contributed by atoms with van der Waals surface area (Å²) in [5, 5.41) is 6.94. The molecule has 0 fully saturated rings.